The predicted octanol–water partition coefficient (Wildman–Crippen LogP) is 5.04. The van der Waals surface area contributed by atoms with Crippen LogP contribution in [0.5, 0.6) is 0 Å². The monoisotopic (exact) mass is 611 g/mol. The standard InChI is InChI=1S/C26H20N6.Pt/c1-25(2)18-10-17(16-27)11-21(13-18)31-8-6-23(29-31)26(3,4)24-7-9-32(30-24)22-14-19(25)12-20(15-22)28-5;/h6-12,15H,1-4H3;/q-2;+2. The molecule has 2 aromatic heterocycles. The molecule has 7 heteroatoms. The molecule has 0 unspecified atom stereocenters. The Hall–Kier alpha value is -3.47. The number of nitrogens with zero attached hydrogens (tertiary/aromatic N) is 6. The Morgan fingerprint density at radius 1 is 0.879 bits per heavy atom. The van der Waals surface area contributed by atoms with E-state index in [-0.39, 0.29) is 21.1 Å². The summed E-state index contributed by atoms with van der Waals surface area (Å²) in [5.41, 5.74) is 4.79. The first-order valence-corrected chi connectivity index (χ1v) is 10.3. The SMILES string of the molecule is [C-]#[N+]c1cc2[c-]c(c1)C(C)(C)c1[c-]c(cc(C#N)c1)-n1ccc(n1)C(C)(C)c1ccn-2n1.[Pt+2]. The first kappa shape index (κ1) is 22.7. The zero-order valence-electron chi connectivity index (χ0n) is 18.6. The normalized spacial score (nSPS) is 14.8. The van der Waals surface area contributed by atoms with Gasteiger partial charge in [0.2, 0.25) is 0 Å². The number of hydrogen-bond donors (Lipinski definition) is 0. The first-order chi connectivity index (χ1) is 15.2. The second-order valence-corrected chi connectivity index (χ2v) is 9.07. The van der Waals surface area contributed by atoms with Gasteiger partial charge in [-0.3, -0.25) is 14.2 Å². The van der Waals surface area contributed by atoms with Gasteiger partial charge >= 0.3 is 21.1 Å². The summed E-state index contributed by atoms with van der Waals surface area (Å²) in [7, 11) is 0. The molecule has 5 rings (SSSR count). The van der Waals surface area contributed by atoms with Crippen molar-refractivity contribution in [3.05, 3.63) is 100 Å². The molecule has 0 atom stereocenters. The number of nitriles is 1. The van der Waals surface area contributed by atoms with Gasteiger partial charge < -0.3 is 0 Å². The molecule has 1 aliphatic rings. The molecule has 8 bridgehead atoms. The topological polar surface area (TPSA) is 63.8 Å². The quantitative estimate of drug-likeness (QED) is 0.262. The summed E-state index contributed by atoms with van der Waals surface area (Å²) in [5.74, 6) is 0. The molecule has 3 heterocycles. The molecule has 4 aromatic rings. The Bertz CT molecular complexity index is 1350. The van der Waals surface area contributed by atoms with Gasteiger partial charge in [-0.05, 0) is 37.1 Å². The smallest absolute Gasteiger partial charge is 0.267 e. The third-order valence-corrected chi connectivity index (χ3v) is 6.25. The van der Waals surface area contributed by atoms with Crippen LogP contribution in [0.3, 0.4) is 0 Å². The number of benzene rings is 2. The van der Waals surface area contributed by atoms with Crippen molar-refractivity contribution in [1.29, 1.82) is 5.26 Å². The minimum atomic E-state index is -0.563. The Morgan fingerprint density at radius 2 is 1.42 bits per heavy atom. The molecule has 1 aliphatic heterocycles. The predicted molar refractivity (Wildman–Crippen MR) is 120 cm³/mol. The number of aromatic nitrogens is 4. The first-order valence-electron chi connectivity index (χ1n) is 10.3. The summed E-state index contributed by atoms with van der Waals surface area (Å²) in [4.78, 5) is 3.68. The second kappa shape index (κ2) is 7.84. The Kier molecular flexibility index (Phi) is 5.39. The fourth-order valence-electron chi connectivity index (χ4n) is 4.00. The van der Waals surface area contributed by atoms with Crippen molar-refractivity contribution in [3.63, 3.8) is 0 Å². The van der Waals surface area contributed by atoms with Crippen molar-refractivity contribution in [2.45, 2.75) is 38.5 Å². The minimum Gasteiger partial charge on any atom is -0.267 e. The van der Waals surface area contributed by atoms with Gasteiger partial charge in [0, 0.05) is 12.4 Å². The van der Waals surface area contributed by atoms with Gasteiger partial charge in [0.15, 0.2) is 0 Å². The van der Waals surface area contributed by atoms with E-state index in [9.17, 15) is 5.26 Å². The van der Waals surface area contributed by atoms with Gasteiger partial charge in [0.25, 0.3) is 0 Å². The average molecular weight is 612 g/mol. The van der Waals surface area contributed by atoms with E-state index < -0.39 is 10.8 Å². The van der Waals surface area contributed by atoms with Gasteiger partial charge in [-0.25, -0.2) is 0 Å². The molecular formula is C26H20N6Pt. The third-order valence-electron chi connectivity index (χ3n) is 6.25. The van der Waals surface area contributed by atoms with Crippen LogP contribution in [0.2, 0.25) is 0 Å². The molecule has 164 valence electrons. The maximum absolute atomic E-state index is 9.68. The Balaban J connectivity index is 0.00000259. The van der Waals surface area contributed by atoms with Crippen LogP contribution in [0.15, 0.2) is 48.8 Å². The zero-order chi connectivity index (χ0) is 22.7. The molecule has 0 fully saturated rings. The molecule has 0 spiro atoms. The Morgan fingerprint density at radius 3 is 1.97 bits per heavy atom. The zero-order valence-corrected chi connectivity index (χ0v) is 20.9. The van der Waals surface area contributed by atoms with Crippen LogP contribution in [0.1, 0.15) is 55.8 Å². The summed E-state index contributed by atoms with van der Waals surface area (Å²) in [5, 5.41) is 19.3. The van der Waals surface area contributed by atoms with Gasteiger partial charge in [-0.15, -0.1) is 18.2 Å². The van der Waals surface area contributed by atoms with E-state index >= 15 is 0 Å². The fraction of sp³-hybridized carbons (Fsp3) is 0.231. The molecular weight excluding hydrogens is 591 g/mol. The number of rotatable bonds is 0. The van der Waals surface area contributed by atoms with E-state index in [4.69, 9.17) is 16.8 Å². The molecule has 33 heavy (non-hydrogen) atoms. The van der Waals surface area contributed by atoms with Crippen molar-refractivity contribution >= 4 is 5.69 Å². The number of fused-ring (bicyclic) bond motifs is 10. The maximum atomic E-state index is 9.68. The van der Waals surface area contributed by atoms with Crippen LogP contribution in [0.4, 0.5) is 5.69 Å². The van der Waals surface area contributed by atoms with Crippen LogP contribution < -0.4 is 0 Å². The van der Waals surface area contributed by atoms with Gasteiger partial charge in [-0.2, -0.15) is 44.8 Å². The molecule has 0 aliphatic carbocycles. The van der Waals surface area contributed by atoms with Crippen LogP contribution in [-0.4, -0.2) is 19.6 Å². The molecule has 0 N–H and O–H groups in total. The minimum absolute atomic E-state index is 0. The van der Waals surface area contributed by atoms with Crippen molar-refractivity contribution in [2.75, 3.05) is 0 Å². The summed E-state index contributed by atoms with van der Waals surface area (Å²) < 4.78 is 3.51. The van der Waals surface area contributed by atoms with Crippen molar-refractivity contribution in [3.8, 4) is 17.4 Å². The van der Waals surface area contributed by atoms with Gasteiger partial charge in [-0.1, -0.05) is 25.1 Å². The van der Waals surface area contributed by atoms with Crippen molar-refractivity contribution in [2.24, 2.45) is 0 Å². The van der Waals surface area contributed by atoms with E-state index in [1.807, 2.05) is 50.5 Å². The van der Waals surface area contributed by atoms with Gasteiger partial charge in [0.1, 0.15) is 0 Å². The molecule has 6 nitrogen and oxygen atoms in total. The van der Waals surface area contributed by atoms with E-state index in [1.165, 1.54) is 0 Å². The summed E-state index contributed by atoms with van der Waals surface area (Å²) in [6, 6.07) is 20.4. The van der Waals surface area contributed by atoms with E-state index in [0.29, 0.717) is 22.6 Å². The van der Waals surface area contributed by atoms with Crippen LogP contribution in [0.25, 0.3) is 16.2 Å². The molecule has 0 saturated carbocycles. The number of hydrogen-bond acceptors (Lipinski definition) is 3. The van der Waals surface area contributed by atoms with E-state index in [1.54, 1.807) is 21.5 Å². The maximum Gasteiger partial charge on any atom is 2.00 e. The van der Waals surface area contributed by atoms with E-state index in [0.717, 1.165) is 22.5 Å². The summed E-state index contributed by atoms with van der Waals surface area (Å²) in [6.07, 6.45) is 3.78. The van der Waals surface area contributed by atoms with Gasteiger partial charge in [0.05, 0.1) is 35.1 Å². The van der Waals surface area contributed by atoms with Crippen LogP contribution >= 0.6 is 0 Å². The van der Waals surface area contributed by atoms with Crippen LogP contribution in [0, 0.1) is 30.0 Å². The average Bonchev–Trinajstić information content (AvgIpc) is 3.48. The molecule has 0 amide bonds. The fourth-order valence-corrected chi connectivity index (χ4v) is 4.00. The Labute approximate surface area is 207 Å². The second-order valence-electron chi connectivity index (χ2n) is 9.07. The molecule has 0 radical (unpaired) electrons. The third kappa shape index (κ3) is 3.61. The van der Waals surface area contributed by atoms with Crippen molar-refractivity contribution in [1.82, 2.24) is 19.6 Å². The van der Waals surface area contributed by atoms with Crippen LogP contribution in [-0.2, 0) is 31.9 Å². The van der Waals surface area contributed by atoms with Crippen molar-refractivity contribution < 1.29 is 21.1 Å². The summed E-state index contributed by atoms with van der Waals surface area (Å²) >= 11 is 0. The molecule has 0 saturated heterocycles. The largest absolute Gasteiger partial charge is 2.00 e. The van der Waals surface area contributed by atoms with E-state index in [2.05, 4.69) is 36.9 Å². The summed E-state index contributed by atoms with van der Waals surface area (Å²) in [6.45, 7) is 15.9. The molecule has 2 aromatic carbocycles.